The highest BCUT2D eigenvalue weighted by Gasteiger charge is 2.57. The number of halogens is 5. The summed E-state index contributed by atoms with van der Waals surface area (Å²) >= 11 is 0. The number of nitrogens with zero attached hydrogens (tertiary/aromatic N) is 3. The second-order valence-corrected chi connectivity index (χ2v) is 11.3. The van der Waals surface area contributed by atoms with Crippen molar-refractivity contribution < 1.29 is 36.2 Å². The number of fused-ring (bicyclic) bond motifs is 1. The van der Waals surface area contributed by atoms with E-state index in [0.29, 0.717) is 16.6 Å². The van der Waals surface area contributed by atoms with E-state index < -0.39 is 53.8 Å². The number of aromatic amines is 1. The summed E-state index contributed by atoms with van der Waals surface area (Å²) in [7, 11) is 0. The number of alkyl halides is 5. The zero-order valence-electron chi connectivity index (χ0n) is 22.0. The average Bonchev–Trinajstić information content (AvgIpc) is 3.71. The van der Waals surface area contributed by atoms with Crippen LogP contribution in [0.2, 0.25) is 0 Å². The lowest BCUT2D eigenvalue weighted by Gasteiger charge is -2.32. The van der Waals surface area contributed by atoms with E-state index in [0.717, 1.165) is 26.7 Å². The summed E-state index contributed by atoms with van der Waals surface area (Å²) in [6.07, 6.45) is -4.16. The van der Waals surface area contributed by atoms with Gasteiger partial charge in [0.15, 0.2) is 5.69 Å². The molecular weight excluding hydrogens is 539 g/mol. The summed E-state index contributed by atoms with van der Waals surface area (Å²) in [4.78, 5) is 32.6. The van der Waals surface area contributed by atoms with Crippen LogP contribution >= 0.6 is 0 Å². The third-order valence-electron chi connectivity index (χ3n) is 7.70. The molecule has 0 spiro atoms. The molecular formula is C26H29F5N6O3. The lowest BCUT2D eigenvalue weighted by molar-refractivity contribution is -0.123. The van der Waals surface area contributed by atoms with Crippen LogP contribution in [0.25, 0.3) is 11.0 Å². The van der Waals surface area contributed by atoms with Gasteiger partial charge in [0.1, 0.15) is 23.7 Å². The number of hydrogen-bond acceptors (Lipinski definition) is 6. The number of amides is 2. The van der Waals surface area contributed by atoms with Crippen molar-refractivity contribution >= 4 is 22.8 Å². The molecule has 2 aliphatic carbocycles. The standard InChI is InChI=1S/C26H29F5N6O3/c1-11-18(37-40-36-11)23(39)35-20(21(27)25(2,3)24(28)29)22-32-15-7-6-13(8-16(15)33-22)19(12-4-5-12)34-17(38)9-14-10-26(14,30)31/h6-8,12,14,19-21,24H,4-5,9-10H2,1-3H3,(H,32,33)(H,34,38)(H,35,39)/t14-,19-,20-,21?/m1/s1. The first-order valence-electron chi connectivity index (χ1n) is 13.0. The first kappa shape index (κ1) is 28.0. The van der Waals surface area contributed by atoms with Crippen molar-refractivity contribution in [2.24, 2.45) is 17.3 Å². The number of aromatic nitrogens is 4. The van der Waals surface area contributed by atoms with Gasteiger partial charge in [-0.15, -0.1) is 0 Å². The minimum Gasteiger partial charge on any atom is -0.349 e. The van der Waals surface area contributed by atoms with E-state index >= 15 is 4.39 Å². The highest BCUT2D eigenvalue weighted by atomic mass is 19.3. The molecule has 2 saturated carbocycles. The van der Waals surface area contributed by atoms with Gasteiger partial charge < -0.3 is 15.6 Å². The van der Waals surface area contributed by atoms with Gasteiger partial charge in [-0.1, -0.05) is 25.1 Å². The second kappa shape index (κ2) is 10.1. The summed E-state index contributed by atoms with van der Waals surface area (Å²) in [6, 6.07) is 3.01. The van der Waals surface area contributed by atoms with Crippen LogP contribution < -0.4 is 10.6 Å². The van der Waals surface area contributed by atoms with Gasteiger partial charge in [0.25, 0.3) is 11.8 Å². The van der Waals surface area contributed by atoms with Crippen LogP contribution in [0.5, 0.6) is 0 Å². The van der Waals surface area contributed by atoms with Crippen molar-refractivity contribution in [3.63, 3.8) is 0 Å². The first-order chi connectivity index (χ1) is 18.8. The number of carbonyl (C=O) groups excluding carboxylic acids is 2. The van der Waals surface area contributed by atoms with Gasteiger partial charge in [0, 0.05) is 18.8 Å². The fourth-order valence-corrected chi connectivity index (χ4v) is 4.72. The van der Waals surface area contributed by atoms with E-state index in [1.54, 1.807) is 18.2 Å². The van der Waals surface area contributed by atoms with Gasteiger partial charge in [0.05, 0.1) is 22.5 Å². The van der Waals surface area contributed by atoms with E-state index in [-0.39, 0.29) is 36.0 Å². The predicted octanol–water partition coefficient (Wildman–Crippen LogP) is 4.97. The van der Waals surface area contributed by atoms with E-state index in [4.69, 9.17) is 0 Å². The van der Waals surface area contributed by atoms with Crippen molar-refractivity contribution in [2.45, 2.75) is 77.1 Å². The molecule has 2 aromatic heterocycles. The summed E-state index contributed by atoms with van der Waals surface area (Å²) in [5, 5.41) is 12.3. The van der Waals surface area contributed by atoms with E-state index in [2.05, 4.69) is 35.5 Å². The monoisotopic (exact) mass is 568 g/mol. The first-order valence-corrected chi connectivity index (χ1v) is 13.0. The van der Waals surface area contributed by atoms with Gasteiger partial charge >= 0.3 is 0 Å². The fraction of sp³-hybridized carbons (Fsp3) is 0.577. The van der Waals surface area contributed by atoms with Crippen LogP contribution in [0.15, 0.2) is 22.8 Å². The van der Waals surface area contributed by atoms with Crippen LogP contribution in [0.1, 0.15) is 79.2 Å². The Hall–Kier alpha value is -3.58. The number of hydrogen-bond donors (Lipinski definition) is 3. The molecule has 0 radical (unpaired) electrons. The fourth-order valence-electron chi connectivity index (χ4n) is 4.72. The van der Waals surface area contributed by atoms with E-state index in [9.17, 15) is 27.2 Å². The van der Waals surface area contributed by atoms with Crippen molar-refractivity contribution in [1.29, 1.82) is 0 Å². The van der Waals surface area contributed by atoms with Crippen molar-refractivity contribution in [3.8, 4) is 0 Å². The van der Waals surface area contributed by atoms with Gasteiger partial charge in [-0.3, -0.25) is 9.59 Å². The Morgan fingerprint density at radius 3 is 2.45 bits per heavy atom. The van der Waals surface area contributed by atoms with Crippen molar-refractivity contribution in [1.82, 2.24) is 30.9 Å². The molecule has 3 aromatic rings. The van der Waals surface area contributed by atoms with Crippen LogP contribution in [0, 0.1) is 24.2 Å². The van der Waals surface area contributed by atoms with Crippen LogP contribution in [-0.2, 0) is 4.79 Å². The normalized spacial score (nSPS) is 20.8. The molecule has 2 fully saturated rings. The number of carbonyl (C=O) groups is 2. The third kappa shape index (κ3) is 5.52. The smallest absolute Gasteiger partial charge is 0.276 e. The molecule has 0 aliphatic heterocycles. The van der Waals surface area contributed by atoms with E-state index in [1.165, 1.54) is 6.92 Å². The Labute approximate surface area is 225 Å². The molecule has 9 nitrogen and oxygen atoms in total. The quantitative estimate of drug-likeness (QED) is 0.281. The molecule has 40 heavy (non-hydrogen) atoms. The number of H-pyrrole nitrogens is 1. The topological polar surface area (TPSA) is 126 Å². The minimum absolute atomic E-state index is 0.0983. The Kier molecular flexibility index (Phi) is 7.07. The summed E-state index contributed by atoms with van der Waals surface area (Å²) < 4.78 is 74.4. The summed E-state index contributed by atoms with van der Waals surface area (Å²) in [6.45, 7) is 3.54. The number of imidazole rings is 1. The summed E-state index contributed by atoms with van der Waals surface area (Å²) in [5.41, 5.74) is -0.765. The third-order valence-corrected chi connectivity index (χ3v) is 7.70. The zero-order chi connectivity index (χ0) is 29.0. The average molecular weight is 569 g/mol. The molecule has 216 valence electrons. The Bertz CT molecular complexity index is 1420. The molecule has 5 rings (SSSR count). The van der Waals surface area contributed by atoms with Crippen LogP contribution in [0.3, 0.4) is 0 Å². The van der Waals surface area contributed by atoms with Gasteiger partial charge in [-0.2, -0.15) is 0 Å². The highest BCUT2D eigenvalue weighted by molar-refractivity contribution is 5.93. The van der Waals surface area contributed by atoms with E-state index in [1.807, 2.05) is 0 Å². The lowest BCUT2D eigenvalue weighted by atomic mass is 9.83. The number of aryl methyl sites for hydroxylation is 1. The molecule has 2 heterocycles. The maximum absolute atomic E-state index is 15.7. The lowest BCUT2D eigenvalue weighted by Crippen LogP contribution is -2.45. The SMILES string of the molecule is Cc1nonc1C(=O)N[C@@H](c1nc2ccc([C@H](NC(=O)C[C@@H]3CC3(F)F)C3CC3)cc2[nH]1)C(F)C(C)(C)C(F)F. The maximum atomic E-state index is 15.7. The zero-order valence-corrected chi connectivity index (χ0v) is 22.0. The second-order valence-electron chi connectivity index (χ2n) is 11.3. The minimum atomic E-state index is -3.05. The van der Waals surface area contributed by atoms with Crippen LogP contribution in [-0.4, -0.2) is 50.6 Å². The molecule has 1 unspecified atom stereocenters. The van der Waals surface area contributed by atoms with Gasteiger partial charge in [-0.25, -0.2) is 31.6 Å². The molecule has 1 aromatic carbocycles. The molecule has 2 aliphatic rings. The molecule has 0 saturated heterocycles. The molecule has 4 atom stereocenters. The van der Waals surface area contributed by atoms with Gasteiger partial charge in [0.2, 0.25) is 12.3 Å². The Morgan fingerprint density at radius 2 is 1.88 bits per heavy atom. The summed E-state index contributed by atoms with van der Waals surface area (Å²) in [5.74, 6) is -5.04. The largest absolute Gasteiger partial charge is 0.349 e. The number of nitrogens with one attached hydrogen (secondary N) is 3. The number of benzene rings is 1. The predicted molar refractivity (Wildman–Crippen MR) is 131 cm³/mol. The Morgan fingerprint density at radius 1 is 1.18 bits per heavy atom. The highest BCUT2D eigenvalue weighted by Crippen LogP contribution is 2.51. The van der Waals surface area contributed by atoms with Crippen molar-refractivity contribution in [2.75, 3.05) is 0 Å². The molecule has 14 heteroatoms. The van der Waals surface area contributed by atoms with Crippen LogP contribution in [0.4, 0.5) is 22.0 Å². The Balaban J connectivity index is 1.42. The molecule has 3 N–H and O–H groups in total. The van der Waals surface area contributed by atoms with Crippen molar-refractivity contribution in [3.05, 3.63) is 41.0 Å². The van der Waals surface area contributed by atoms with Gasteiger partial charge in [-0.05, 0) is 48.5 Å². The maximum Gasteiger partial charge on any atom is 0.276 e. The molecule has 0 bridgehead atoms. The number of rotatable bonds is 11. The molecule has 2 amide bonds.